The van der Waals surface area contributed by atoms with Gasteiger partial charge in [-0.05, 0) is 61.9 Å². The number of carbonyl (C=O) groups excluding carboxylic acids is 3. The number of fused-ring (bicyclic) bond motifs is 2. The molecule has 46 heavy (non-hydrogen) atoms. The van der Waals surface area contributed by atoms with Crippen molar-refractivity contribution in [1.29, 1.82) is 0 Å². The van der Waals surface area contributed by atoms with Gasteiger partial charge in [-0.15, -0.1) is 5.06 Å². The molecular formula is C29H34N6O9S2. The number of nitrogens with zero attached hydrogens (tertiary/aromatic N) is 6. The number of anilines is 2. The number of amides is 2. The minimum atomic E-state index is -4.14. The van der Waals surface area contributed by atoms with E-state index in [4.69, 9.17) is 9.39 Å². The van der Waals surface area contributed by atoms with E-state index in [1.807, 2.05) is 23.1 Å². The Labute approximate surface area is 269 Å². The summed E-state index contributed by atoms with van der Waals surface area (Å²) in [4.78, 5) is 55.7. The van der Waals surface area contributed by atoms with Gasteiger partial charge in [-0.25, -0.2) is 4.79 Å². The molecule has 0 bridgehead atoms. The number of nitro groups is 1. The third kappa shape index (κ3) is 8.38. The van der Waals surface area contributed by atoms with Gasteiger partial charge in [0, 0.05) is 61.6 Å². The first-order valence-corrected chi connectivity index (χ1v) is 17.5. The first-order valence-electron chi connectivity index (χ1n) is 15.0. The number of benzene rings is 2. The number of azo groups is 1. The monoisotopic (exact) mass is 674 g/mol. The molecule has 0 radical (unpaired) electrons. The minimum absolute atomic E-state index is 0.0589. The summed E-state index contributed by atoms with van der Waals surface area (Å²) in [6, 6.07) is 10.3. The molecule has 3 aliphatic rings. The SMILES string of the molecule is O=C(CCCCCN1CCCc2cc(N=NC3Sc4cc([N+](=O)[O-])ccc4N3CCCS(=O)(=O)O)ccc21)ON1C(=O)CCC1=O. The van der Waals surface area contributed by atoms with Gasteiger partial charge in [-0.2, -0.15) is 18.6 Å². The Balaban J connectivity index is 1.16. The van der Waals surface area contributed by atoms with Gasteiger partial charge in [-0.1, -0.05) is 18.2 Å². The molecule has 0 aromatic heterocycles. The number of carbonyl (C=O) groups is 3. The van der Waals surface area contributed by atoms with Crippen LogP contribution in [0.5, 0.6) is 0 Å². The molecule has 1 N–H and O–H groups in total. The first kappa shape index (κ1) is 33.3. The zero-order valence-corrected chi connectivity index (χ0v) is 26.6. The summed E-state index contributed by atoms with van der Waals surface area (Å²) in [7, 11) is -4.14. The third-order valence-electron chi connectivity index (χ3n) is 7.82. The molecule has 1 saturated heterocycles. The highest BCUT2D eigenvalue weighted by Crippen LogP contribution is 2.46. The Kier molecular flexibility index (Phi) is 10.5. The predicted molar refractivity (Wildman–Crippen MR) is 168 cm³/mol. The highest BCUT2D eigenvalue weighted by molar-refractivity contribution is 8.00. The molecule has 1 atom stereocenters. The van der Waals surface area contributed by atoms with Crippen molar-refractivity contribution in [3.63, 3.8) is 0 Å². The van der Waals surface area contributed by atoms with Crippen LogP contribution in [0.25, 0.3) is 0 Å². The Hall–Kier alpha value is -4.09. The molecule has 0 aliphatic carbocycles. The third-order valence-corrected chi connectivity index (χ3v) is 9.77. The van der Waals surface area contributed by atoms with E-state index >= 15 is 0 Å². The van der Waals surface area contributed by atoms with E-state index < -0.39 is 44.1 Å². The number of unbranched alkanes of at least 4 members (excludes halogenated alkanes) is 2. The number of hydroxylamine groups is 2. The molecule has 1 fully saturated rings. The maximum atomic E-state index is 12.0. The maximum absolute atomic E-state index is 12.0. The lowest BCUT2D eigenvalue weighted by atomic mass is 10.0. The fraction of sp³-hybridized carbons (Fsp3) is 0.483. The molecule has 3 aliphatic heterocycles. The van der Waals surface area contributed by atoms with Crippen LogP contribution in [0.3, 0.4) is 0 Å². The van der Waals surface area contributed by atoms with Gasteiger partial charge in [0.05, 0.1) is 22.1 Å². The molecule has 2 amide bonds. The summed E-state index contributed by atoms with van der Waals surface area (Å²) in [5.41, 5.74) is 2.95. The summed E-state index contributed by atoms with van der Waals surface area (Å²) in [6.45, 7) is 1.95. The molecular weight excluding hydrogens is 640 g/mol. The highest BCUT2D eigenvalue weighted by atomic mass is 32.2. The molecule has 1 unspecified atom stereocenters. The van der Waals surface area contributed by atoms with E-state index in [-0.39, 0.29) is 37.9 Å². The number of hydrogen-bond acceptors (Lipinski definition) is 13. The van der Waals surface area contributed by atoms with Crippen LogP contribution in [0.15, 0.2) is 51.5 Å². The van der Waals surface area contributed by atoms with Gasteiger partial charge in [0.1, 0.15) is 0 Å². The number of imide groups is 1. The van der Waals surface area contributed by atoms with Crippen molar-refractivity contribution in [2.45, 2.75) is 68.2 Å². The number of nitro benzene ring substituents is 1. The van der Waals surface area contributed by atoms with E-state index in [0.29, 0.717) is 27.8 Å². The standard InChI is InChI=1S/C29H34N6O9S2/c36-26-12-13-27(37)34(26)44-28(38)7-2-1-3-14-32-15-4-6-20-18-21(8-10-23(20)32)30-31-29-33(16-5-17-46(41,42)43)24-11-9-22(35(39)40)19-25(24)45-29/h8-11,18-19,29H,1-7,12-17H2,(H,41,42,43). The van der Waals surface area contributed by atoms with Crippen molar-refractivity contribution < 1.29 is 37.1 Å². The lowest BCUT2D eigenvalue weighted by Gasteiger charge is -2.31. The molecule has 246 valence electrons. The van der Waals surface area contributed by atoms with Crippen molar-refractivity contribution in [2.24, 2.45) is 10.2 Å². The summed E-state index contributed by atoms with van der Waals surface area (Å²) in [5, 5.41) is 20.8. The zero-order chi connectivity index (χ0) is 32.8. The van der Waals surface area contributed by atoms with Crippen LogP contribution >= 0.6 is 11.8 Å². The fourth-order valence-corrected chi connectivity index (χ4v) is 7.26. The average molecular weight is 675 g/mol. The lowest BCUT2D eigenvalue weighted by Crippen LogP contribution is -2.32. The van der Waals surface area contributed by atoms with Crippen molar-refractivity contribution in [3.05, 3.63) is 52.1 Å². The van der Waals surface area contributed by atoms with Crippen LogP contribution in [0.4, 0.5) is 22.7 Å². The van der Waals surface area contributed by atoms with Crippen molar-refractivity contribution >= 4 is 62.4 Å². The quantitative estimate of drug-likeness (QED) is 0.0722. The van der Waals surface area contributed by atoms with Crippen LogP contribution < -0.4 is 9.80 Å². The van der Waals surface area contributed by atoms with Crippen molar-refractivity contribution in [3.8, 4) is 0 Å². The summed E-state index contributed by atoms with van der Waals surface area (Å²) >= 11 is 1.28. The predicted octanol–water partition coefficient (Wildman–Crippen LogP) is 4.77. The highest BCUT2D eigenvalue weighted by Gasteiger charge is 2.33. The van der Waals surface area contributed by atoms with Gasteiger partial charge in [-0.3, -0.25) is 24.3 Å². The number of thioether (sulfide) groups is 1. The van der Waals surface area contributed by atoms with Crippen LogP contribution in [0.2, 0.25) is 0 Å². The van der Waals surface area contributed by atoms with E-state index in [2.05, 4.69) is 15.1 Å². The van der Waals surface area contributed by atoms with Crippen LogP contribution in [-0.4, -0.2) is 71.6 Å². The van der Waals surface area contributed by atoms with Crippen LogP contribution in [-0.2, 0) is 35.8 Å². The summed E-state index contributed by atoms with van der Waals surface area (Å²) in [6.07, 6.45) is 4.45. The van der Waals surface area contributed by atoms with Crippen LogP contribution in [0, 0.1) is 10.1 Å². The number of non-ortho nitro benzene ring substituents is 1. The average Bonchev–Trinajstić information content (AvgIpc) is 3.52. The molecule has 2 aromatic rings. The molecule has 0 saturated carbocycles. The fourth-order valence-electron chi connectivity index (χ4n) is 5.60. The molecule has 5 rings (SSSR count). The van der Waals surface area contributed by atoms with Gasteiger partial charge < -0.3 is 14.6 Å². The van der Waals surface area contributed by atoms with Crippen molar-refractivity contribution in [2.75, 3.05) is 35.2 Å². The Morgan fingerprint density at radius 2 is 1.78 bits per heavy atom. The molecule has 2 aromatic carbocycles. The second-order valence-electron chi connectivity index (χ2n) is 11.2. The molecule has 15 nitrogen and oxygen atoms in total. The van der Waals surface area contributed by atoms with Gasteiger partial charge >= 0.3 is 5.97 Å². The Morgan fingerprint density at radius 3 is 2.52 bits per heavy atom. The topological polar surface area (TPSA) is 192 Å². The molecule has 17 heteroatoms. The largest absolute Gasteiger partial charge is 0.371 e. The van der Waals surface area contributed by atoms with Gasteiger partial charge in [0.15, 0.2) is 5.50 Å². The number of aryl methyl sites for hydroxylation is 1. The maximum Gasteiger partial charge on any atom is 0.333 e. The van der Waals surface area contributed by atoms with Crippen LogP contribution in [0.1, 0.15) is 56.9 Å². The van der Waals surface area contributed by atoms with Gasteiger partial charge in [0.25, 0.3) is 27.6 Å². The second kappa shape index (κ2) is 14.6. The number of hydrogen-bond donors (Lipinski definition) is 1. The molecule has 0 spiro atoms. The van der Waals surface area contributed by atoms with Crippen molar-refractivity contribution in [1.82, 2.24) is 5.06 Å². The van der Waals surface area contributed by atoms with E-state index in [1.54, 1.807) is 6.07 Å². The van der Waals surface area contributed by atoms with E-state index in [9.17, 15) is 32.9 Å². The Bertz CT molecular complexity index is 1640. The van der Waals surface area contributed by atoms with E-state index in [1.165, 1.54) is 23.9 Å². The summed E-state index contributed by atoms with van der Waals surface area (Å²) < 4.78 is 31.7. The lowest BCUT2D eigenvalue weighted by molar-refractivity contribution is -0.385. The Morgan fingerprint density at radius 1 is 1.02 bits per heavy atom. The minimum Gasteiger partial charge on any atom is -0.371 e. The van der Waals surface area contributed by atoms with E-state index in [0.717, 1.165) is 50.0 Å². The molecule has 3 heterocycles. The zero-order valence-electron chi connectivity index (χ0n) is 24.9. The smallest absolute Gasteiger partial charge is 0.333 e. The summed E-state index contributed by atoms with van der Waals surface area (Å²) in [5.74, 6) is -1.98. The second-order valence-corrected chi connectivity index (χ2v) is 13.8. The van der Waals surface area contributed by atoms with Gasteiger partial charge in [0.2, 0.25) is 0 Å². The number of rotatable bonds is 14. The normalized spacial score (nSPS) is 17.9. The first-order chi connectivity index (χ1) is 22.0.